The molecule has 5 heteroatoms. The Morgan fingerprint density at radius 3 is 2.53 bits per heavy atom. The van der Waals surface area contributed by atoms with Crippen LogP contribution in [0.15, 0.2) is 18.3 Å². The zero-order chi connectivity index (χ0) is 14.4. The van der Waals surface area contributed by atoms with Gasteiger partial charge in [0.25, 0.3) is 5.91 Å². The molecular weight excluding hydrogens is 244 g/mol. The first kappa shape index (κ1) is 15.1. The maximum Gasteiger partial charge on any atom is 0.337 e. The number of carboxylic acid groups (broad SMARTS) is 1. The number of pyridine rings is 1. The predicted molar refractivity (Wildman–Crippen MR) is 72.2 cm³/mol. The molecule has 0 aliphatic heterocycles. The van der Waals surface area contributed by atoms with Gasteiger partial charge in [-0.3, -0.25) is 9.78 Å². The smallest absolute Gasteiger partial charge is 0.337 e. The minimum Gasteiger partial charge on any atom is -0.478 e. The number of aromatic nitrogens is 1. The summed E-state index contributed by atoms with van der Waals surface area (Å²) in [5.74, 6) is -0.769. The van der Waals surface area contributed by atoms with Crippen molar-refractivity contribution in [2.75, 3.05) is 0 Å². The molecule has 104 valence electrons. The Balaban J connectivity index is 2.60. The van der Waals surface area contributed by atoms with Gasteiger partial charge in [-0.25, -0.2) is 4.79 Å². The van der Waals surface area contributed by atoms with E-state index in [9.17, 15) is 9.59 Å². The van der Waals surface area contributed by atoms with Crippen LogP contribution in [-0.4, -0.2) is 28.0 Å². The van der Waals surface area contributed by atoms with E-state index in [1.54, 1.807) is 0 Å². The monoisotopic (exact) mass is 264 g/mol. The molecule has 0 saturated heterocycles. The van der Waals surface area contributed by atoms with Crippen molar-refractivity contribution in [1.29, 1.82) is 0 Å². The molecular formula is C14H20N2O3. The van der Waals surface area contributed by atoms with Crippen molar-refractivity contribution in [1.82, 2.24) is 10.3 Å². The summed E-state index contributed by atoms with van der Waals surface area (Å²) in [6.07, 6.45) is 3.18. The molecule has 2 unspecified atom stereocenters. The fourth-order valence-corrected chi connectivity index (χ4v) is 1.78. The van der Waals surface area contributed by atoms with Gasteiger partial charge in [0, 0.05) is 12.2 Å². The maximum absolute atomic E-state index is 11.9. The molecule has 1 rings (SSSR count). The molecule has 2 atom stereocenters. The van der Waals surface area contributed by atoms with Crippen LogP contribution in [0.25, 0.3) is 0 Å². The highest BCUT2D eigenvalue weighted by atomic mass is 16.4. The molecule has 0 bridgehead atoms. The highest BCUT2D eigenvalue weighted by Crippen LogP contribution is 2.10. The summed E-state index contributed by atoms with van der Waals surface area (Å²) in [7, 11) is 0. The van der Waals surface area contributed by atoms with Crippen LogP contribution < -0.4 is 5.32 Å². The van der Waals surface area contributed by atoms with E-state index in [0.29, 0.717) is 5.92 Å². The zero-order valence-electron chi connectivity index (χ0n) is 11.5. The molecule has 1 aromatic heterocycles. The van der Waals surface area contributed by atoms with Crippen LogP contribution in [-0.2, 0) is 0 Å². The van der Waals surface area contributed by atoms with Gasteiger partial charge in [-0.05, 0) is 31.4 Å². The molecule has 0 fully saturated rings. The van der Waals surface area contributed by atoms with Crippen LogP contribution in [0.2, 0.25) is 0 Å². The SMILES string of the molecule is CCC(C)CC(C)NC(=O)c1ccc(C(=O)O)cn1. The summed E-state index contributed by atoms with van der Waals surface area (Å²) in [6.45, 7) is 6.21. The van der Waals surface area contributed by atoms with Gasteiger partial charge in [0.2, 0.25) is 0 Å². The Morgan fingerprint density at radius 2 is 2.05 bits per heavy atom. The Morgan fingerprint density at radius 1 is 1.37 bits per heavy atom. The average molecular weight is 264 g/mol. The normalized spacial score (nSPS) is 13.6. The van der Waals surface area contributed by atoms with Gasteiger partial charge >= 0.3 is 5.97 Å². The number of nitrogens with one attached hydrogen (secondary N) is 1. The quantitative estimate of drug-likeness (QED) is 0.826. The summed E-state index contributed by atoms with van der Waals surface area (Å²) in [6, 6.07) is 2.88. The number of hydrogen-bond acceptors (Lipinski definition) is 3. The fourth-order valence-electron chi connectivity index (χ4n) is 1.78. The number of aromatic carboxylic acids is 1. The van der Waals surface area contributed by atoms with E-state index in [4.69, 9.17) is 5.11 Å². The molecule has 5 nitrogen and oxygen atoms in total. The van der Waals surface area contributed by atoms with Crippen molar-refractivity contribution in [2.24, 2.45) is 5.92 Å². The molecule has 0 aliphatic rings. The molecule has 0 aromatic carbocycles. The zero-order valence-corrected chi connectivity index (χ0v) is 11.5. The van der Waals surface area contributed by atoms with Gasteiger partial charge in [-0.2, -0.15) is 0 Å². The standard InChI is InChI=1S/C14H20N2O3/c1-4-9(2)7-10(3)16-13(17)12-6-5-11(8-15-12)14(18)19/h5-6,8-10H,4,7H2,1-3H3,(H,16,17)(H,18,19). The Bertz CT molecular complexity index is 443. The van der Waals surface area contributed by atoms with Gasteiger partial charge in [0.15, 0.2) is 0 Å². The second-order valence-electron chi connectivity index (χ2n) is 4.86. The lowest BCUT2D eigenvalue weighted by molar-refractivity contribution is 0.0695. The largest absolute Gasteiger partial charge is 0.478 e. The van der Waals surface area contributed by atoms with Crippen LogP contribution in [0.4, 0.5) is 0 Å². The maximum atomic E-state index is 11.9. The van der Waals surface area contributed by atoms with E-state index < -0.39 is 5.97 Å². The lowest BCUT2D eigenvalue weighted by Gasteiger charge is -2.17. The van der Waals surface area contributed by atoms with E-state index in [0.717, 1.165) is 12.8 Å². The molecule has 0 spiro atoms. The van der Waals surface area contributed by atoms with E-state index in [2.05, 4.69) is 24.1 Å². The number of rotatable bonds is 6. The molecule has 1 aromatic rings. The van der Waals surface area contributed by atoms with Crippen molar-refractivity contribution < 1.29 is 14.7 Å². The van der Waals surface area contributed by atoms with E-state index in [1.165, 1.54) is 18.3 Å². The van der Waals surface area contributed by atoms with Gasteiger partial charge in [0.05, 0.1) is 5.56 Å². The van der Waals surface area contributed by atoms with Crippen molar-refractivity contribution in [3.8, 4) is 0 Å². The molecule has 0 saturated carbocycles. The number of amides is 1. The first-order valence-corrected chi connectivity index (χ1v) is 6.44. The highest BCUT2D eigenvalue weighted by Gasteiger charge is 2.13. The summed E-state index contributed by atoms with van der Waals surface area (Å²) < 4.78 is 0. The van der Waals surface area contributed by atoms with Gasteiger partial charge in [-0.1, -0.05) is 20.3 Å². The van der Waals surface area contributed by atoms with Crippen LogP contribution in [0.1, 0.15) is 54.5 Å². The van der Waals surface area contributed by atoms with Gasteiger partial charge in [-0.15, -0.1) is 0 Å². The minimum atomic E-state index is -1.05. The van der Waals surface area contributed by atoms with Gasteiger partial charge in [0.1, 0.15) is 5.69 Å². The Labute approximate surface area is 113 Å². The lowest BCUT2D eigenvalue weighted by Crippen LogP contribution is -2.34. The summed E-state index contributed by atoms with van der Waals surface area (Å²) in [5, 5.41) is 11.6. The van der Waals surface area contributed by atoms with Crippen molar-refractivity contribution in [2.45, 2.75) is 39.7 Å². The third-order valence-corrected chi connectivity index (χ3v) is 3.07. The third-order valence-electron chi connectivity index (χ3n) is 3.07. The Hall–Kier alpha value is -1.91. The number of carbonyl (C=O) groups is 2. The topological polar surface area (TPSA) is 79.3 Å². The highest BCUT2D eigenvalue weighted by molar-refractivity contribution is 5.93. The van der Waals surface area contributed by atoms with Crippen molar-refractivity contribution >= 4 is 11.9 Å². The van der Waals surface area contributed by atoms with Crippen LogP contribution in [0.5, 0.6) is 0 Å². The second-order valence-corrected chi connectivity index (χ2v) is 4.86. The molecule has 1 heterocycles. The van der Waals surface area contributed by atoms with E-state index in [-0.39, 0.29) is 23.2 Å². The lowest BCUT2D eigenvalue weighted by atomic mass is 10.0. The predicted octanol–water partition coefficient (Wildman–Crippen LogP) is 2.33. The van der Waals surface area contributed by atoms with Crippen molar-refractivity contribution in [3.63, 3.8) is 0 Å². The fraction of sp³-hybridized carbons (Fsp3) is 0.500. The van der Waals surface area contributed by atoms with Crippen LogP contribution in [0, 0.1) is 5.92 Å². The number of carboxylic acids is 1. The first-order valence-electron chi connectivity index (χ1n) is 6.44. The molecule has 0 radical (unpaired) electrons. The Kier molecular flexibility index (Phi) is 5.48. The second kappa shape index (κ2) is 6.87. The molecule has 19 heavy (non-hydrogen) atoms. The number of nitrogens with zero attached hydrogens (tertiary/aromatic N) is 1. The summed E-state index contributed by atoms with van der Waals surface area (Å²) in [5.41, 5.74) is 0.310. The molecule has 2 N–H and O–H groups in total. The number of hydrogen-bond donors (Lipinski definition) is 2. The van der Waals surface area contributed by atoms with Crippen molar-refractivity contribution in [3.05, 3.63) is 29.6 Å². The van der Waals surface area contributed by atoms with Crippen LogP contribution >= 0.6 is 0 Å². The van der Waals surface area contributed by atoms with Gasteiger partial charge < -0.3 is 10.4 Å². The summed E-state index contributed by atoms with van der Waals surface area (Å²) >= 11 is 0. The van der Waals surface area contributed by atoms with E-state index >= 15 is 0 Å². The third kappa shape index (κ3) is 4.69. The molecule has 0 aliphatic carbocycles. The minimum absolute atomic E-state index is 0.0726. The molecule has 1 amide bonds. The van der Waals surface area contributed by atoms with Crippen LogP contribution in [0.3, 0.4) is 0 Å². The number of carbonyl (C=O) groups excluding carboxylic acids is 1. The average Bonchev–Trinajstić information content (AvgIpc) is 2.38. The first-order chi connectivity index (χ1) is 8.93. The summed E-state index contributed by atoms with van der Waals surface area (Å²) in [4.78, 5) is 26.4. The van der Waals surface area contributed by atoms with E-state index in [1.807, 2.05) is 6.92 Å².